The summed E-state index contributed by atoms with van der Waals surface area (Å²) in [5, 5.41) is 3.48. The van der Waals surface area contributed by atoms with Crippen LogP contribution in [-0.4, -0.2) is 17.9 Å². The minimum Gasteiger partial charge on any atom is -0.316 e. The maximum Gasteiger partial charge on any atom is 0.0148 e. The number of piperidine rings is 1. The van der Waals surface area contributed by atoms with Crippen LogP contribution in [0.2, 0.25) is 0 Å². The molecule has 1 N–H and O–H groups in total. The standard InChI is InChI=1S/C9H16BrN/c10-9-2-1-8-6-11-4-3-7(8)5-9/h7-9,11H,1-6H2/t7-,8-,9-/m1/s1. The van der Waals surface area contributed by atoms with Crippen molar-refractivity contribution >= 4 is 15.9 Å². The highest BCUT2D eigenvalue weighted by Gasteiger charge is 2.30. The Morgan fingerprint density at radius 2 is 2.00 bits per heavy atom. The van der Waals surface area contributed by atoms with Crippen molar-refractivity contribution in [1.82, 2.24) is 5.32 Å². The van der Waals surface area contributed by atoms with Gasteiger partial charge in [0.15, 0.2) is 0 Å². The lowest BCUT2D eigenvalue weighted by Gasteiger charge is -2.37. The average Bonchev–Trinajstić information content (AvgIpc) is 2.04. The van der Waals surface area contributed by atoms with E-state index in [1.807, 2.05) is 0 Å². The Morgan fingerprint density at radius 3 is 2.91 bits per heavy atom. The molecule has 1 heterocycles. The van der Waals surface area contributed by atoms with Crippen LogP contribution in [0.3, 0.4) is 0 Å². The lowest BCUT2D eigenvalue weighted by atomic mass is 9.76. The fourth-order valence-electron chi connectivity index (χ4n) is 2.47. The quantitative estimate of drug-likeness (QED) is 0.614. The van der Waals surface area contributed by atoms with Gasteiger partial charge in [-0.2, -0.15) is 0 Å². The summed E-state index contributed by atoms with van der Waals surface area (Å²) in [6.07, 6.45) is 5.66. The molecule has 0 aromatic rings. The second-order valence-corrected chi connectivity index (χ2v) is 5.22. The maximum absolute atomic E-state index is 3.73. The molecule has 1 aliphatic carbocycles. The van der Waals surface area contributed by atoms with E-state index in [2.05, 4.69) is 21.2 Å². The number of rotatable bonds is 0. The molecule has 0 bridgehead atoms. The summed E-state index contributed by atoms with van der Waals surface area (Å²) in [5.74, 6) is 2.02. The van der Waals surface area contributed by atoms with Crippen LogP contribution in [0, 0.1) is 11.8 Å². The molecule has 11 heavy (non-hydrogen) atoms. The zero-order valence-electron chi connectivity index (χ0n) is 6.85. The molecule has 2 rings (SSSR count). The van der Waals surface area contributed by atoms with E-state index in [4.69, 9.17) is 0 Å². The largest absolute Gasteiger partial charge is 0.316 e. The van der Waals surface area contributed by atoms with E-state index in [1.165, 1.54) is 38.8 Å². The van der Waals surface area contributed by atoms with Crippen LogP contribution in [0.4, 0.5) is 0 Å². The molecule has 2 aliphatic rings. The molecular formula is C9H16BrN. The number of nitrogens with one attached hydrogen (secondary N) is 1. The van der Waals surface area contributed by atoms with E-state index in [9.17, 15) is 0 Å². The normalized spacial score (nSPS) is 45.0. The second kappa shape index (κ2) is 3.44. The molecule has 64 valence electrons. The SMILES string of the molecule is Br[C@@H]1CC[C@@H]2CNCC[C@@H]2C1. The third-order valence-electron chi connectivity index (χ3n) is 3.17. The summed E-state index contributed by atoms with van der Waals surface area (Å²) in [4.78, 5) is 0.821. The molecule has 1 saturated carbocycles. The molecule has 0 radical (unpaired) electrons. The summed E-state index contributed by atoms with van der Waals surface area (Å²) in [5.41, 5.74) is 0. The van der Waals surface area contributed by atoms with Crippen LogP contribution in [0.15, 0.2) is 0 Å². The van der Waals surface area contributed by atoms with Gasteiger partial charge in [-0.05, 0) is 50.6 Å². The van der Waals surface area contributed by atoms with Crippen molar-refractivity contribution in [3.05, 3.63) is 0 Å². The van der Waals surface area contributed by atoms with Crippen LogP contribution in [0.25, 0.3) is 0 Å². The number of alkyl halides is 1. The fourth-order valence-corrected chi connectivity index (χ4v) is 3.21. The maximum atomic E-state index is 3.73. The Balaban J connectivity index is 1.93. The minimum absolute atomic E-state index is 0.821. The van der Waals surface area contributed by atoms with Gasteiger partial charge in [0, 0.05) is 4.83 Å². The molecule has 0 unspecified atom stereocenters. The molecule has 0 aromatic heterocycles. The first-order chi connectivity index (χ1) is 5.36. The zero-order valence-corrected chi connectivity index (χ0v) is 8.44. The number of hydrogen-bond donors (Lipinski definition) is 1. The van der Waals surface area contributed by atoms with E-state index in [0.717, 1.165) is 16.7 Å². The highest BCUT2D eigenvalue weighted by Crippen LogP contribution is 2.36. The van der Waals surface area contributed by atoms with Gasteiger partial charge in [-0.15, -0.1) is 0 Å². The Hall–Kier alpha value is 0.440. The molecule has 0 aromatic carbocycles. The molecule has 1 aliphatic heterocycles. The van der Waals surface area contributed by atoms with Crippen LogP contribution >= 0.6 is 15.9 Å². The topological polar surface area (TPSA) is 12.0 Å². The van der Waals surface area contributed by atoms with Crippen molar-refractivity contribution in [2.45, 2.75) is 30.5 Å². The van der Waals surface area contributed by atoms with Crippen molar-refractivity contribution in [2.24, 2.45) is 11.8 Å². The van der Waals surface area contributed by atoms with E-state index in [1.54, 1.807) is 0 Å². The van der Waals surface area contributed by atoms with Crippen molar-refractivity contribution < 1.29 is 0 Å². The third kappa shape index (κ3) is 1.78. The van der Waals surface area contributed by atoms with Crippen molar-refractivity contribution in [3.63, 3.8) is 0 Å². The zero-order chi connectivity index (χ0) is 7.68. The fraction of sp³-hybridized carbons (Fsp3) is 1.00. The van der Waals surface area contributed by atoms with E-state index in [-0.39, 0.29) is 0 Å². The van der Waals surface area contributed by atoms with Crippen molar-refractivity contribution in [2.75, 3.05) is 13.1 Å². The van der Waals surface area contributed by atoms with Crippen LogP contribution in [0.5, 0.6) is 0 Å². The Bertz CT molecular complexity index is 138. The van der Waals surface area contributed by atoms with Gasteiger partial charge in [0.25, 0.3) is 0 Å². The first-order valence-electron chi connectivity index (χ1n) is 4.71. The molecule has 0 spiro atoms. The summed E-state index contributed by atoms with van der Waals surface area (Å²) in [6, 6.07) is 0. The van der Waals surface area contributed by atoms with Gasteiger partial charge >= 0.3 is 0 Å². The Labute approximate surface area is 77.1 Å². The van der Waals surface area contributed by atoms with Crippen molar-refractivity contribution in [1.29, 1.82) is 0 Å². The summed E-state index contributed by atoms with van der Waals surface area (Å²) in [6.45, 7) is 2.53. The van der Waals surface area contributed by atoms with Gasteiger partial charge < -0.3 is 5.32 Å². The van der Waals surface area contributed by atoms with Gasteiger partial charge in [0.1, 0.15) is 0 Å². The highest BCUT2D eigenvalue weighted by molar-refractivity contribution is 9.09. The van der Waals surface area contributed by atoms with Gasteiger partial charge in [-0.25, -0.2) is 0 Å². The van der Waals surface area contributed by atoms with Crippen molar-refractivity contribution in [3.8, 4) is 0 Å². The summed E-state index contributed by atoms with van der Waals surface area (Å²) >= 11 is 3.73. The Kier molecular flexibility index (Phi) is 2.52. The highest BCUT2D eigenvalue weighted by atomic mass is 79.9. The average molecular weight is 218 g/mol. The van der Waals surface area contributed by atoms with Gasteiger partial charge in [-0.1, -0.05) is 15.9 Å². The molecule has 3 atom stereocenters. The van der Waals surface area contributed by atoms with E-state index < -0.39 is 0 Å². The number of halogens is 1. The Morgan fingerprint density at radius 1 is 1.09 bits per heavy atom. The van der Waals surface area contributed by atoms with Gasteiger partial charge in [0.05, 0.1) is 0 Å². The first kappa shape index (κ1) is 8.06. The summed E-state index contributed by atoms with van der Waals surface area (Å²) < 4.78 is 0. The lowest BCUT2D eigenvalue weighted by Crippen LogP contribution is -2.40. The number of fused-ring (bicyclic) bond motifs is 1. The van der Waals surface area contributed by atoms with Crippen LogP contribution < -0.4 is 5.32 Å². The third-order valence-corrected chi connectivity index (χ3v) is 4.01. The number of hydrogen-bond acceptors (Lipinski definition) is 1. The smallest absolute Gasteiger partial charge is 0.0148 e. The molecule has 1 nitrogen and oxygen atoms in total. The van der Waals surface area contributed by atoms with Crippen LogP contribution in [-0.2, 0) is 0 Å². The van der Waals surface area contributed by atoms with E-state index >= 15 is 0 Å². The van der Waals surface area contributed by atoms with Crippen LogP contribution in [0.1, 0.15) is 25.7 Å². The molecule has 0 amide bonds. The molecule has 1 saturated heterocycles. The van der Waals surface area contributed by atoms with E-state index in [0.29, 0.717) is 0 Å². The lowest BCUT2D eigenvalue weighted by molar-refractivity contribution is 0.191. The predicted molar refractivity (Wildman–Crippen MR) is 51.0 cm³/mol. The monoisotopic (exact) mass is 217 g/mol. The van der Waals surface area contributed by atoms with Gasteiger partial charge in [-0.3, -0.25) is 0 Å². The second-order valence-electron chi connectivity index (χ2n) is 3.92. The molecule has 2 heteroatoms. The summed E-state index contributed by atoms with van der Waals surface area (Å²) in [7, 11) is 0. The minimum atomic E-state index is 0.821. The molecular weight excluding hydrogens is 202 g/mol. The predicted octanol–water partition coefficient (Wildman–Crippen LogP) is 2.16. The van der Waals surface area contributed by atoms with Gasteiger partial charge in [0.2, 0.25) is 0 Å². The molecule has 2 fully saturated rings. The first-order valence-corrected chi connectivity index (χ1v) is 5.62.